The van der Waals surface area contributed by atoms with Crippen molar-refractivity contribution in [3.63, 3.8) is 0 Å². The number of aryl methyl sites for hydroxylation is 1. The lowest BCUT2D eigenvalue weighted by Gasteiger charge is -2.13. The van der Waals surface area contributed by atoms with E-state index in [2.05, 4.69) is 5.10 Å². The predicted octanol–water partition coefficient (Wildman–Crippen LogP) is 3.26. The second kappa shape index (κ2) is 7.77. The van der Waals surface area contributed by atoms with Crippen LogP contribution in [0.4, 0.5) is 5.69 Å². The van der Waals surface area contributed by atoms with Crippen LogP contribution in [-0.2, 0) is 9.59 Å². The molecule has 3 aliphatic rings. The number of amides is 2. The molecule has 0 N–H and O–H groups in total. The number of carbonyl (C=O) groups excluding carboxylic acids is 3. The summed E-state index contributed by atoms with van der Waals surface area (Å²) in [5.74, 6) is -2.56. The molecule has 33 heavy (non-hydrogen) atoms. The highest BCUT2D eigenvalue weighted by Crippen LogP contribution is 2.52. The van der Waals surface area contributed by atoms with E-state index >= 15 is 0 Å². The smallest absolute Gasteiger partial charge is 0.343 e. The van der Waals surface area contributed by atoms with Crippen molar-refractivity contribution < 1.29 is 24.0 Å². The molecule has 1 aliphatic heterocycles. The average Bonchev–Trinajstić information content (AvgIpc) is 3.47. The van der Waals surface area contributed by atoms with Gasteiger partial charge in [0.25, 0.3) is 11.8 Å². The maximum atomic E-state index is 12.8. The van der Waals surface area contributed by atoms with Crippen molar-refractivity contribution in [1.82, 2.24) is 5.01 Å². The van der Waals surface area contributed by atoms with Gasteiger partial charge in [0.05, 0.1) is 28.5 Å². The van der Waals surface area contributed by atoms with Crippen molar-refractivity contribution in [3.05, 3.63) is 81.4 Å². The highest BCUT2D eigenvalue weighted by atomic mass is 16.6. The topological polar surface area (TPSA) is 119 Å². The lowest BCUT2D eigenvalue weighted by Crippen LogP contribution is -2.28. The van der Waals surface area contributed by atoms with Gasteiger partial charge in [0, 0.05) is 11.6 Å². The molecule has 4 atom stereocenters. The average molecular weight is 445 g/mol. The second-order valence-electron chi connectivity index (χ2n) is 8.44. The second-order valence-corrected chi connectivity index (χ2v) is 8.44. The third-order valence-electron chi connectivity index (χ3n) is 6.43. The molecule has 5 rings (SSSR count). The molecule has 4 unspecified atom stereocenters. The van der Waals surface area contributed by atoms with E-state index in [4.69, 9.17) is 4.74 Å². The summed E-state index contributed by atoms with van der Waals surface area (Å²) in [4.78, 5) is 49.2. The number of fused-ring (bicyclic) bond motifs is 5. The van der Waals surface area contributed by atoms with Crippen molar-refractivity contribution in [2.75, 3.05) is 0 Å². The molecule has 0 spiro atoms. The number of para-hydroxylation sites is 1. The normalized spacial score (nSPS) is 25.2. The first kappa shape index (κ1) is 20.7. The van der Waals surface area contributed by atoms with Gasteiger partial charge in [-0.3, -0.25) is 19.7 Å². The monoisotopic (exact) mass is 445 g/mol. The Morgan fingerprint density at radius 2 is 1.79 bits per heavy atom. The fourth-order valence-corrected chi connectivity index (χ4v) is 4.94. The molecule has 1 saturated heterocycles. The Morgan fingerprint density at radius 1 is 1.12 bits per heavy atom. The number of nitro groups is 1. The molecule has 2 aliphatic carbocycles. The van der Waals surface area contributed by atoms with Crippen LogP contribution in [0.5, 0.6) is 5.75 Å². The molecule has 2 bridgehead atoms. The molecular weight excluding hydrogens is 426 g/mol. The van der Waals surface area contributed by atoms with E-state index in [9.17, 15) is 24.5 Å². The number of hydrogen-bond acceptors (Lipinski definition) is 7. The van der Waals surface area contributed by atoms with Crippen LogP contribution in [0.25, 0.3) is 0 Å². The van der Waals surface area contributed by atoms with E-state index in [0.717, 1.165) is 23.2 Å². The van der Waals surface area contributed by atoms with Crippen LogP contribution in [0.2, 0.25) is 0 Å². The molecule has 1 heterocycles. The minimum atomic E-state index is -0.770. The number of carbonyl (C=O) groups is 3. The van der Waals surface area contributed by atoms with E-state index in [1.807, 2.05) is 12.2 Å². The number of esters is 1. The van der Waals surface area contributed by atoms with E-state index < -0.39 is 28.4 Å². The molecule has 1 saturated carbocycles. The number of benzene rings is 2. The van der Waals surface area contributed by atoms with Crippen LogP contribution in [0.15, 0.2) is 59.7 Å². The van der Waals surface area contributed by atoms with Gasteiger partial charge in [0.1, 0.15) is 0 Å². The third kappa shape index (κ3) is 3.42. The molecule has 166 valence electrons. The van der Waals surface area contributed by atoms with Gasteiger partial charge >= 0.3 is 11.7 Å². The highest BCUT2D eigenvalue weighted by Gasteiger charge is 2.59. The van der Waals surface area contributed by atoms with E-state index in [-0.39, 0.29) is 40.5 Å². The summed E-state index contributed by atoms with van der Waals surface area (Å²) in [6.45, 7) is 1.81. The van der Waals surface area contributed by atoms with Crippen LogP contribution in [-0.4, -0.2) is 33.9 Å². The maximum absolute atomic E-state index is 12.8. The molecule has 2 aromatic carbocycles. The van der Waals surface area contributed by atoms with E-state index in [0.29, 0.717) is 0 Å². The molecule has 9 heteroatoms. The standard InChI is InChI=1S/C24H19N3O6/c1-13-4-2-5-16(10-13)24(30)33-21-17(6-3-7-18(21)27(31)32)12-25-26-22(28)19-14-8-9-15(11-14)20(19)23(26)29/h2-10,12,14-15,19-20H,11H2,1H3. The Hall–Kier alpha value is -4.14. The van der Waals surface area contributed by atoms with Gasteiger partial charge in [-0.25, -0.2) is 4.79 Å². The van der Waals surface area contributed by atoms with E-state index in [1.54, 1.807) is 31.2 Å². The number of imide groups is 1. The minimum absolute atomic E-state index is 0.0420. The molecular formula is C24H19N3O6. The molecule has 0 radical (unpaired) electrons. The quantitative estimate of drug-likeness (QED) is 0.133. The predicted molar refractivity (Wildman–Crippen MR) is 116 cm³/mol. The SMILES string of the molecule is Cc1cccc(C(=O)Oc2c(C=NN3C(=O)C4C5C=CC(C5)C4C3=O)cccc2[N+](=O)[O-])c1. The van der Waals surface area contributed by atoms with E-state index in [1.165, 1.54) is 18.2 Å². The fourth-order valence-electron chi connectivity index (χ4n) is 4.94. The van der Waals surface area contributed by atoms with Gasteiger partial charge in [-0.2, -0.15) is 10.1 Å². The summed E-state index contributed by atoms with van der Waals surface area (Å²) >= 11 is 0. The number of hydrogen-bond donors (Lipinski definition) is 0. The van der Waals surface area contributed by atoms with Crippen molar-refractivity contribution in [2.24, 2.45) is 28.8 Å². The van der Waals surface area contributed by atoms with Gasteiger partial charge in [0.15, 0.2) is 0 Å². The van der Waals surface area contributed by atoms with Crippen LogP contribution < -0.4 is 4.74 Å². The molecule has 2 aromatic rings. The summed E-state index contributed by atoms with van der Waals surface area (Å²) in [7, 11) is 0. The summed E-state index contributed by atoms with van der Waals surface area (Å²) in [6.07, 6.45) is 5.91. The molecule has 2 fully saturated rings. The lowest BCUT2D eigenvalue weighted by molar-refractivity contribution is -0.385. The molecule has 2 amide bonds. The zero-order valence-corrected chi connectivity index (χ0v) is 17.6. The summed E-state index contributed by atoms with van der Waals surface area (Å²) in [5, 5.41) is 16.5. The van der Waals surface area contributed by atoms with Crippen molar-refractivity contribution in [3.8, 4) is 5.75 Å². The third-order valence-corrected chi connectivity index (χ3v) is 6.43. The Kier molecular flexibility index (Phi) is 4.88. The Labute approximate surface area is 188 Å². The number of nitro benzene ring substituents is 1. The lowest BCUT2D eigenvalue weighted by atomic mass is 9.85. The molecule has 9 nitrogen and oxygen atoms in total. The van der Waals surface area contributed by atoms with Gasteiger partial charge in [0.2, 0.25) is 5.75 Å². The van der Waals surface area contributed by atoms with Crippen molar-refractivity contribution in [1.29, 1.82) is 0 Å². The van der Waals surface area contributed by atoms with Crippen LogP contribution in [0.3, 0.4) is 0 Å². The van der Waals surface area contributed by atoms with Crippen LogP contribution in [0, 0.1) is 40.7 Å². The van der Waals surface area contributed by atoms with Gasteiger partial charge in [-0.05, 0) is 43.4 Å². The highest BCUT2D eigenvalue weighted by molar-refractivity contribution is 6.07. The van der Waals surface area contributed by atoms with Gasteiger partial charge in [-0.1, -0.05) is 35.9 Å². The number of nitrogens with zero attached hydrogens (tertiary/aromatic N) is 3. The zero-order chi connectivity index (χ0) is 23.3. The number of hydrazone groups is 1. The van der Waals surface area contributed by atoms with Crippen LogP contribution in [0.1, 0.15) is 27.9 Å². The van der Waals surface area contributed by atoms with Crippen LogP contribution >= 0.6 is 0 Å². The first-order valence-corrected chi connectivity index (χ1v) is 10.5. The summed E-state index contributed by atoms with van der Waals surface area (Å²) < 4.78 is 5.40. The first-order chi connectivity index (χ1) is 15.8. The first-order valence-electron chi connectivity index (χ1n) is 10.5. The Bertz CT molecular complexity index is 1240. The van der Waals surface area contributed by atoms with Crippen molar-refractivity contribution >= 4 is 29.7 Å². The Balaban J connectivity index is 1.45. The molecule has 0 aromatic heterocycles. The number of rotatable bonds is 5. The van der Waals surface area contributed by atoms with Gasteiger partial charge < -0.3 is 4.74 Å². The largest absolute Gasteiger partial charge is 0.415 e. The summed E-state index contributed by atoms with van der Waals surface area (Å²) in [5.41, 5.74) is 0.729. The maximum Gasteiger partial charge on any atom is 0.343 e. The minimum Gasteiger partial charge on any atom is -0.415 e. The number of allylic oxidation sites excluding steroid dienone is 2. The number of ether oxygens (including phenoxy) is 1. The zero-order valence-electron chi connectivity index (χ0n) is 17.6. The van der Waals surface area contributed by atoms with Crippen molar-refractivity contribution in [2.45, 2.75) is 13.3 Å². The summed E-state index contributed by atoms with van der Waals surface area (Å²) in [6, 6.07) is 10.7. The fraction of sp³-hybridized carbons (Fsp3) is 0.250. The van der Waals surface area contributed by atoms with Gasteiger partial charge in [-0.15, -0.1) is 0 Å². The Morgan fingerprint density at radius 3 is 2.42 bits per heavy atom.